The number of nitrogens with one attached hydrogen (secondary N) is 1. The standard InChI is InChI=1S/C25H22N2O4S/c28-24(17-6-2-1-3-7-17)21-8-4-5-9-22(21)26-32(30,31)20-12-13-23-19(16-20)14-15-27(23)25(29)18-10-11-18/h1-9,12-13,16,18,26H,10-11,14-15H2. The van der Waals surface area contributed by atoms with E-state index in [1.165, 1.54) is 6.07 Å². The Bertz CT molecular complexity index is 1310. The van der Waals surface area contributed by atoms with E-state index in [-0.39, 0.29) is 33.8 Å². The van der Waals surface area contributed by atoms with Gasteiger partial charge in [0.2, 0.25) is 5.91 Å². The molecule has 5 rings (SSSR count). The predicted octanol–water partition coefficient (Wildman–Crippen LogP) is 4.02. The Hall–Kier alpha value is -3.45. The van der Waals surface area contributed by atoms with Crippen LogP contribution in [0, 0.1) is 5.92 Å². The zero-order valence-corrected chi connectivity index (χ0v) is 18.1. The van der Waals surface area contributed by atoms with Crippen molar-refractivity contribution in [1.29, 1.82) is 0 Å². The zero-order valence-electron chi connectivity index (χ0n) is 17.3. The molecule has 1 aliphatic carbocycles. The second-order valence-electron chi connectivity index (χ2n) is 8.15. The van der Waals surface area contributed by atoms with E-state index in [1.807, 2.05) is 6.07 Å². The number of carbonyl (C=O) groups excluding carboxylic acids is 2. The van der Waals surface area contributed by atoms with Gasteiger partial charge in [0.05, 0.1) is 10.6 Å². The van der Waals surface area contributed by atoms with Crippen LogP contribution in [-0.4, -0.2) is 26.7 Å². The third-order valence-electron chi connectivity index (χ3n) is 5.90. The van der Waals surface area contributed by atoms with Crippen LogP contribution in [0.25, 0.3) is 0 Å². The molecule has 32 heavy (non-hydrogen) atoms. The van der Waals surface area contributed by atoms with Gasteiger partial charge in [0.15, 0.2) is 5.78 Å². The molecule has 6 nitrogen and oxygen atoms in total. The second-order valence-corrected chi connectivity index (χ2v) is 9.83. The van der Waals surface area contributed by atoms with E-state index in [9.17, 15) is 18.0 Å². The first-order chi connectivity index (χ1) is 15.4. The molecular formula is C25H22N2O4S. The Balaban J connectivity index is 1.42. The number of benzene rings is 3. The summed E-state index contributed by atoms with van der Waals surface area (Å²) in [7, 11) is -3.92. The maximum atomic E-state index is 13.1. The predicted molar refractivity (Wildman–Crippen MR) is 122 cm³/mol. The van der Waals surface area contributed by atoms with Gasteiger partial charge < -0.3 is 4.90 Å². The Morgan fingerprint density at radius 1 is 0.906 bits per heavy atom. The van der Waals surface area contributed by atoms with Crippen LogP contribution in [-0.2, 0) is 21.2 Å². The van der Waals surface area contributed by atoms with Gasteiger partial charge in [-0.1, -0.05) is 42.5 Å². The maximum Gasteiger partial charge on any atom is 0.261 e. The molecular weight excluding hydrogens is 424 g/mol. The van der Waals surface area contributed by atoms with Crippen molar-refractivity contribution in [3.8, 4) is 0 Å². The molecule has 0 saturated heterocycles. The summed E-state index contributed by atoms with van der Waals surface area (Å²) in [6.45, 7) is 0.579. The molecule has 0 aromatic heterocycles. The van der Waals surface area contributed by atoms with Crippen molar-refractivity contribution in [2.24, 2.45) is 5.92 Å². The normalized spacial score (nSPS) is 15.3. The van der Waals surface area contributed by atoms with Crippen LogP contribution in [0.3, 0.4) is 0 Å². The molecule has 0 atom stereocenters. The topological polar surface area (TPSA) is 83.6 Å². The third-order valence-corrected chi connectivity index (χ3v) is 7.26. The van der Waals surface area contributed by atoms with Crippen LogP contribution in [0.2, 0.25) is 0 Å². The minimum absolute atomic E-state index is 0.110. The number of anilines is 2. The number of amides is 1. The SMILES string of the molecule is O=C(c1ccccc1)c1ccccc1NS(=O)(=O)c1ccc2c(c1)CCN2C(=O)C1CC1. The van der Waals surface area contributed by atoms with Gasteiger partial charge in [-0.05, 0) is 55.2 Å². The summed E-state index contributed by atoms with van der Waals surface area (Å²) in [5.41, 5.74) is 2.63. The van der Waals surface area contributed by atoms with Crippen LogP contribution in [0.5, 0.6) is 0 Å². The molecule has 1 heterocycles. The molecule has 3 aromatic carbocycles. The first-order valence-corrected chi connectivity index (χ1v) is 12.1. The van der Waals surface area contributed by atoms with E-state index >= 15 is 0 Å². The molecule has 1 amide bonds. The summed E-state index contributed by atoms with van der Waals surface area (Å²) >= 11 is 0. The van der Waals surface area contributed by atoms with Crippen molar-refractivity contribution in [2.75, 3.05) is 16.2 Å². The minimum atomic E-state index is -3.92. The van der Waals surface area contributed by atoms with Crippen LogP contribution < -0.4 is 9.62 Å². The van der Waals surface area contributed by atoms with Crippen molar-refractivity contribution in [3.63, 3.8) is 0 Å². The molecule has 1 aliphatic heterocycles. The largest absolute Gasteiger partial charge is 0.312 e. The Morgan fingerprint density at radius 2 is 1.62 bits per heavy atom. The summed E-state index contributed by atoms with van der Waals surface area (Å²) in [6.07, 6.45) is 2.49. The molecule has 3 aromatic rings. The average Bonchev–Trinajstić information content (AvgIpc) is 3.57. The fourth-order valence-corrected chi connectivity index (χ4v) is 5.17. The lowest BCUT2D eigenvalue weighted by Crippen LogP contribution is -2.30. The van der Waals surface area contributed by atoms with Gasteiger partial charge in [-0.3, -0.25) is 14.3 Å². The van der Waals surface area contributed by atoms with E-state index in [0.29, 0.717) is 18.5 Å². The third kappa shape index (κ3) is 3.80. The van der Waals surface area contributed by atoms with E-state index in [2.05, 4.69) is 4.72 Å². The monoisotopic (exact) mass is 446 g/mol. The number of sulfonamides is 1. The summed E-state index contributed by atoms with van der Waals surface area (Å²) < 4.78 is 28.9. The fraction of sp³-hybridized carbons (Fsp3) is 0.200. The highest BCUT2D eigenvalue weighted by Gasteiger charge is 2.36. The first-order valence-electron chi connectivity index (χ1n) is 10.6. The van der Waals surface area contributed by atoms with Gasteiger partial charge in [0, 0.05) is 29.3 Å². The first kappa shape index (κ1) is 20.5. The van der Waals surface area contributed by atoms with Crippen LogP contribution >= 0.6 is 0 Å². The molecule has 0 unspecified atom stereocenters. The molecule has 162 valence electrons. The van der Waals surface area contributed by atoms with E-state index < -0.39 is 10.0 Å². The number of carbonyl (C=O) groups is 2. The maximum absolute atomic E-state index is 13.1. The van der Waals surface area contributed by atoms with Crippen LogP contribution in [0.15, 0.2) is 77.7 Å². The lowest BCUT2D eigenvalue weighted by Gasteiger charge is -2.17. The van der Waals surface area contributed by atoms with Crippen LogP contribution in [0.1, 0.15) is 34.3 Å². The van der Waals surface area contributed by atoms with E-state index in [0.717, 1.165) is 24.1 Å². The summed E-state index contributed by atoms with van der Waals surface area (Å²) in [4.78, 5) is 27.3. The van der Waals surface area contributed by atoms with Crippen molar-refractivity contribution in [3.05, 3.63) is 89.5 Å². The number of para-hydroxylation sites is 1. The van der Waals surface area contributed by atoms with Crippen molar-refractivity contribution in [1.82, 2.24) is 0 Å². The highest BCUT2D eigenvalue weighted by molar-refractivity contribution is 7.92. The molecule has 0 bridgehead atoms. The van der Waals surface area contributed by atoms with Gasteiger partial charge >= 0.3 is 0 Å². The highest BCUT2D eigenvalue weighted by Crippen LogP contribution is 2.37. The number of rotatable bonds is 6. The number of nitrogens with zero attached hydrogens (tertiary/aromatic N) is 1. The van der Waals surface area contributed by atoms with Crippen molar-refractivity contribution in [2.45, 2.75) is 24.2 Å². The van der Waals surface area contributed by atoms with Crippen molar-refractivity contribution >= 4 is 33.1 Å². The smallest absolute Gasteiger partial charge is 0.261 e. The summed E-state index contributed by atoms with van der Waals surface area (Å²) in [5.74, 6) is -0.0115. The average molecular weight is 447 g/mol. The lowest BCUT2D eigenvalue weighted by molar-refractivity contribution is -0.119. The molecule has 0 spiro atoms. The van der Waals surface area contributed by atoms with Gasteiger partial charge in [0.25, 0.3) is 10.0 Å². The second kappa shape index (κ2) is 7.91. The number of fused-ring (bicyclic) bond motifs is 1. The Labute approximate surface area is 186 Å². The Morgan fingerprint density at radius 3 is 2.38 bits per heavy atom. The molecule has 1 saturated carbocycles. The van der Waals surface area contributed by atoms with Crippen molar-refractivity contribution < 1.29 is 18.0 Å². The molecule has 7 heteroatoms. The fourth-order valence-electron chi connectivity index (χ4n) is 4.04. The van der Waals surface area contributed by atoms with Gasteiger partial charge in [-0.15, -0.1) is 0 Å². The van der Waals surface area contributed by atoms with E-state index in [4.69, 9.17) is 0 Å². The number of ketones is 1. The molecule has 2 aliphatic rings. The highest BCUT2D eigenvalue weighted by atomic mass is 32.2. The molecule has 1 N–H and O–H groups in total. The zero-order chi connectivity index (χ0) is 22.3. The number of hydrogen-bond donors (Lipinski definition) is 1. The van der Waals surface area contributed by atoms with Crippen LogP contribution in [0.4, 0.5) is 11.4 Å². The quantitative estimate of drug-likeness (QED) is 0.580. The number of hydrogen-bond acceptors (Lipinski definition) is 4. The lowest BCUT2D eigenvalue weighted by atomic mass is 10.0. The van der Waals surface area contributed by atoms with Gasteiger partial charge in [-0.25, -0.2) is 8.42 Å². The Kier molecular flexibility index (Phi) is 5.06. The minimum Gasteiger partial charge on any atom is -0.312 e. The summed E-state index contributed by atoms with van der Waals surface area (Å²) in [5, 5.41) is 0. The van der Waals surface area contributed by atoms with Gasteiger partial charge in [0.1, 0.15) is 0 Å². The summed E-state index contributed by atoms with van der Waals surface area (Å²) in [6, 6.07) is 20.2. The molecule has 0 radical (unpaired) electrons. The van der Waals surface area contributed by atoms with Gasteiger partial charge in [-0.2, -0.15) is 0 Å². The van der Waals surface area contributed by atoms with E-state index in [1.54, 1.807) is 65.6 Å². The molecule has 1 fully saturated rings.